The molecule has 1 heterocycles. The number of rotatable bonds is 4. The third kappa shape index (κ3) is 4.22. The van der Waals surface area contributed by atoms with Crippen LogP contribution < -0.4 is 10.3 Å². The van der Waals surface area contributed by atoms with E-state index in [2.05, 4.69) is 10.5 Å². The average molecular weight is 368 g/mol. The number of carbonyl (C=O) groups is 1. The van der Waals surface area contributed by atoms with Gasteiger partial charge in [0, 0.05) is 24.4 Å². The van der Waals surface area contributed by atoms with E-state index in [1.165, 1.54) is 12.1 Å². The maximum atomic E-state index is 12.5. The SMILES string of the molecule is CCOC(=O)C(=NNc1cccc([N+](=O)[O-])c1)N1CCCc2ccccc21. The molecule has 2 aromatic rings. The standard InChI is InChI=1S/C19H20N4O4/c1-2-27-19(24)18(21-20-15-9-5-10-16(13-15)23(25)26)22-12-6-8-14-7-3-4-11-17(14)22/h3-5,7,9-11,13,20H,2,6,8,12H2,1H3. The van der Waals surface area contributed by atoms with Crippen molar-refractivity contribution in [1.29, 1.82) is 0 Å². The van der Waals surface area contributed by atoms with Crippen molar-refractivity contribution < 1.29 is 14.5 Å². The summed E-state index contributed by atoms with van der Waals surface area (Å²) < 4.78 is 5.16. The summed E-state index contributed by atoms with van der Waals surface area (Å²) in [5.41, 5.74) is 5.15. The summed E-state index contributed by atoms with van der Waals surface area (Å²) in [6.45, 7) is 2.59. The zero-order valence-corrected chi connectivity index (χ0v) is 14.9. The van der Waals surface area contributed by atoms with Crippen LogP contribution >= 0.6 is 0 Å². The van der Waals surface area contributed by atoms with Gasteiger partial charge in [-0.1, -0.05) is 24.3 Å². The summed E-state index contributed by atoms with van der Waals surface area (Å²) in [6, 6.07) is 13.8. The van der Waals surface area contributed by atoms with E-state index in [0.717, 1.165) is 24.1 Å². The second-order valence-corrected chi connectivity index (χ2v) is 5.96. The molecule has 1 aliphatic rings. The van der Waals surface area contributed by atoms with Gasteiger partial charge >= 0.3 is 5.97 Å². The van der Waals surface area contributed by atoms with Crippen LogP contribution in [0.15, 0.2) is 53.6 Å². The van der Waals surface area contributed by atoms with Crippen molar-refractivity contribution >= 4 is 28.9 Å². The number of hydrogen-bond acceptors (Lipinski definition) is 6. The van der Waals surface area contributed by atoms with Crippen LogP contribution in [0.25, 0.3) is 0 Å². The van der Waals surface area contributed by atoms with E-state index in [4.69, 9.17) is 4.74 Å². The first-order chi connectivity index (χ1) is 13.1. The number of aryl methyl sites for hydroxylation is 1. The number of esters is 1. The van der Waals surface area contributed by atoms with E-state index in [1.807, 2.05) is 29.2 Å². The number of carbonyl (C=O) groups excluding carboxylic acids is 1. The first-order valence-electron chi connectivity index (χ1n) is 8.71. The van der Waals surface area contributed by atoms with Crippen molar-refractivity contribution in [2.45, 2.75) is 19.8 Å². The molecular weight excluding hydrogens is 348 g/mol. The molecule has 0 aliphatic carbocycles. The quantitative estimate of drug-likeness (QED) is 0.292. The fourth-order valence-electron chi connectivity index (χ4n) is 2.97. The van der Waals surface area contributed by atoms with Crippen LogP contribution in [0.1, 0.15) is 18.9 Å². The van der Waals surface area contributed by atoms with Crippen LogP contribution in [0.5, 0.6) is 0 Å². The van der Waals surface area contributed by atoms with Crippen LogP contribution in [0.4, 0.5) is 17.1 Å². The van der Waals surface area contributed by atoms with Crippen molar-refractivity contribution in [3.8, 4) is 0 Å². The van der Waals surface area contributed by atoms with E-state index < -0.39 is 10.9 Å². The molecule has 2 aromatic carbocycles. The number of nitrogens with one attached hydrogen (secondary N) is 1. The van der Waals surface area contributed by atoms with Gasteiger partial charge in [-0.2, -0.15) is 0 Å². The summed E-state index contributed by atoms with van der Waals surface area (Å²) in [4.78, 5) is 24.8. The Hall–Kier alpha value is -3.42. The van der Waals surface area contributed by atoms with Crippen LogP contribution in [-0.4, -0.2) is 29.9 Å². The van der Waals surface area contributed by atoms with E-state index in [0.29, 0.717) is 12.2 Å². The number of hydrogen-bond donors (Lipinski definition) is 1. The summed E-state index contributed by atoms with van der Waals surface area (Å²) in [5, 5.41) is 15.2. The number of para-hydroxylation sites is 1. The highest BCUT2D eigenvalue weighted by molar-refractivity contribution is 6.41. The number of amidine groups is 1. The summed E-state index contributed by atoms with van der Waals surface area (Å²) in [7, 11) is 0. The second kappa shape index (κ2) is 8.31. The average Bonchev–Trinajstić information content (AvgIpc) is 2.68. The molecule has 1 N–H and O–H groups in total. The fourth-order valence-corrected chi connectivity index (χ4v) is 2.97. The zero-order chi connectivity index (χ0) is 19.2. The van der Waals surface area contributed by atoms with E-state index in [9.17, 15) is 14.9 Å². The van der Waals surface area contributed by atoms with Gasteiger partial charge in [-0.25, -0.2) is 4.79 Å². The number of benzene rings is 2. The minimum atomic E-state index is -0.549. The predicted octanol–water partition coefficient (Wildman–Crippen LogP) is 3.34. The van der Waals surface area contributed by atoms with E-state index in [-0.39, 0.29) is 18.1 Å². The summed E-state index contributed by atoms with van der Waals surface area (Å²) in [6.07, 6.45) is 1.81. The monoisotopic (exact) mass is 368 g/mol. The molecule has 0 spiro atoms. The number of non-ortho nitro benzene ring substituents is 1. The Morgan fingerprint density at radius 1 is 1.30 bits per heavy atom. The molecule has 0 radical (unpaired) electrons. The minimum absolute atomic E-state index is 0.0591. The molecule has 8 heteroatoms. The molecule has 0 saturated heterocycles. The van der Waals surface area contributed by atoms with Gasteiger partial charge in [-0.15, -0.1) is 5.10 Å². The lowest BCUT2D eigenvalue weighted by Gasteiger charge is -2.30. The van der Waals surface area contributed by atoms with E-state index >= 15 is 0 Å². The first kappa shape index (κ1) is 18.4. The van der Waals surface area contributed by atoms with Crippen molar-refractivity contribution in [1.82, 2.24) is 0 Å². The van der Waals surface area contributed by atoms with Gasteiger partial charge in [0.1, 0.15) is 0 Å². The van der Waals surface area contributed by atoms with Crippen LogP contribution in [0.2, 0.25) is 0 Å². The molecule has 1 aliphatic heterocycles. The van der Waals surface area contributed by atoms with Gasteiger partial charge < -0.3 is 9.64 Å². The third-order valence-electron chi connectivity index (χ3n) is 4.17. The highest BCUT2D eigenvalue weighted by Crippen LogP contribution is 2.27. The Kier molecular flexibility index (Phi) is 5.65. The Morgan fingerprint density at radius 3 is 2.89 bits per heavy atom. The van der Waals surface area contributed by atoms with Crippen molar-refractivity contribution in [3.05, 3.63) is 64.2 Å². The van der Waals surface area contributed by atoms with Crippen molar-refractivity contribution in [2.24, 2.45) is 5.10 Å². The van der Waals surface area contributed by atoms with Gasteiger partial charge in [0.15, 0.2) is 0 Å². The normalized spacial score (nSPS) is 13.7. The summed E-state index contributed by atoms with van der Waals surface area (Å²) >= 11 is 0. The smallest absolute Gasteiger partial charge is 0.376 e. The molecule has 0 atom stereocenters. The Morgan fingerprint density at radius 2 is 2.11 bits per heavy atom. The molecule has 0 saturated carbocycles. The van der Waals surface area contributed by atoms with Crippen molar-refractivity contribution in [2.75, 3.05) is 23.5 Å². The molecule has 3 rings (SSSR count). The molecule has 0 fully saturated rings. The van der Waals surface area contributed by atoms with E-state index in [1.54, 1.807) is 19.1 Å². The lowest BCUT2D eigenvalue weighted by molar-refractivity contribution is -0.384. The van der Waals surface area contributed by atoms with Gasteiger partial charge in [0.2, 0.25) is 5.84 Å². The third-order valence-corrected chi connectivity index (χ3v) is 4.17. The highest BCUT2D eigenvalue weighted by atomic mass is 16.6. The lowest BCUT2D eigenvalue weighted by atomic mass is 10.0. The van der Waals surface area contributed by atoms with Gasteiger partial charge in [0.05, 0.1) is 17.2 Å². The van der Waals surface area contributed by atoms with Gasteiger partial charge in [-0.05, 0) is 37.5 Å². The molecule has 0 unspecified atom stereocenters. The van der Waals surface area contributed by atoms with Crippen LogP contribution in [-0.2, 0) is 16.0 Å². The Labute approximate surface area is 156 Å². The van der Waals surface area contributed by atoms with Crippen LogP contribution in [0.3, 0.4) is 0 Å². The topological polar surface area (TPSA) is 97.1 Å². The van der Waals surface area contributed by atoms with Crippen LogP contribution in [0, 0.1) is 10.1 Å². The minimum Gasteiger partial charge on any atom is -0.460 e. The number of nitro groups is 1. The van der Waals surface area contributed by atoms with Gasteiger partial charge in [0.25, 0.3) is 5.69 Å². The first-order valence-corrected chi connectivity index (χ1v) is 8.71. The maximum absolute atomic E-state index is 12.5. The van der Waals surface area contributed by atoms with Gasteiger partial charge in [-0.3, -0.25) is 15.5 Å². The summed E-state index contributed by atoms with van der Waals surface area (Å²) in [5.74, 6) is -0.428. The second-order valence-electron chi connectivity index (χ2n) is 5.96. The fraction of sp³-hybridized carbons (Fsp3) is 0.263. The molecule has 0 amide bonds. The molecular formula is C19H20N4O4. The molecule has 8 nitrogen and oxygen atoms in total. The number of fused-ring (bicyclic) bond motifs is 1. The molecule has 140 valence electrons. The van der Waals surface area contributed by atoms with Crippen molar-refractivity contribution in [3.63, 3.8) is 0 Å². The maximum Gasteiger partial charge on any atom is 0.376 e. The number of anilines is 2. The molecule has 0 bridgehead atoms. The predicted molar refractivity (Wildman–Crippen MR) is 103 cm³/mol. The Balaban J connectivity index is 1.93. The highest BCUT2D eigenvalue weighted by Gasteiger charge is 2.27. The molecule has 0 aromatic heterocycles. The number of hydrazone groups is 1. The number of ether oxygens (including phenoxy) is 1. The Bertz CT molecular complexity index is 882. The lowest BCUT2D eigenvalue weighted by Crippen LogP contribution is -2.41. The largest absolute Gasteiger partial charge is 0.460 e. The zero-order valence-electron chi connectivity index (χ0n) is 14.9. The molecule has 27 heavy (non-hydrogen) atoms. The number of nitro benzene ring substituents is 1. The number of nitrogens with zero attached hydrogens (tertiary/aromatic N) is 3.